The van der Waals surface area contributed by atoms with Gasteiger partial charge in [0.2, 0.25) is 5.91 Å². The summed E-state index contributed by atoms with van der Waals surface area (Å²) in [5, 5.41) is 14.0. The number of benzene rings is 2. The molecule has 1 aliphatic rings. The van der Waals surface area contributed by atoms with Gasteiger partial charge in [-0.3, -0.25) is 4.79 Å². The highest BCUT2D eigenvalue weighted by Gasteiger charge is 2.30. The van der Waals surface area contributed by atoms with Gasteiger partial charge in [0, 0.05) is 16.0 Å². The molecular weight excluding hydrogens is 346 g/mol. The highest BCUT2D eigenvalue weighted by Crippen LogP contribution is 2.39. The predicted molar refractivity (Wildman–Crippen MR) is 92.9 cm³/mol. The maximum Gasteiger partial charge on any atom is 0.250 e. The number of nitrogens with zero attached hydrogens (tertiary/aromatic N) is 1. The number of amides is 1. The topological polar surface area (TPSA) is 61.7 Å². The van der Waals surface area contributed by atoms with Crippen LogP contribution in [0.2, 0.25) is 0 Å². The van der Waals surface area contributed by atoms with Gasteiger partial charge in [-0.25, -0.2) is 14.2 Å². The lowest BCUT2D eigenvalue weighted by Crippen LogP contribution is -2.21. The van der Waals surface area contributed by atoms with Crippen molar-refractivity contribution in [2.75, 3.05) is 5.75 Å². The second-order valence-corrected chi connectivity index (χ2v) is 6.79. The normalized spacial score (nSPS) is 17.6. The first-order valence-corrected chi connectivity index (χ1v) is 8.70. The number of phenolic OH excluding ortho intramolecular Hbond substituents is 1. The molecule has 0 aliphatic heterocycles. The first-order valence-electron chi connectivity index (χ1n) is 7.72. The maximum atomic E-state index is 13.9. The fourth-order valence-corrected chi connectivity index (χ4v) is 3.56. The second kappa shape index (κ2) is 7.23. The fourth-order valence-electron chi connectivity index (χ4n) is 2.83. The molecule has 0 aromatic heterocycles. The Morgan fingerprint density at radius 3 is 2.80 bits per heavy atom. The van der Waals surface area contributed by atoms with Crippen molar-refractivity contribution in [2.45, 2.75) is 24.2 Å². The zero-order chi connectivity index (χ0) is 18.0. The van der Waals surface area contributed by atoms with Gasteiger partial charge in [0.05, 0.1) is 11.5 Å². The molecule has 130 valence electrons. The molecule has 3 rings (SSSR count). The van der Waals surface area contributed by atoms with Gasteiger partial charge in [0.25, 0.3) is 0 Å². The van der Waals surface area contributed by atoms with Crippen molar-refractivity contribution >= 4 is 23.4 Å². The van der Waals surface area contributed by atoms with Gasteiger partial charge in [-0.1, -0.05) is 19.1 Å². The van der Waals surface area contributed by atoms with E-state index < -0.39 is 11.7 Å². The van der Waals surface area contributed by atoms with E-state index in [4.69, 9.17) is 0 Å². The molecule has 1 atom stereocenters. The zero-order valence-electron chi connectivity index (χ0n) is 13.4. The van der Waals surface area contributed by atoms with Crippen LogP contribution in [-0.4, -0.2) is 22.5 Å². The van der Waals surface area contributed by atoms with Crippen LogP contribution in [0.4, 0.5) is 8.78 Å². The molecule has 2 aromatic carbocycles. The first-order chi connectivity index (χ1) is 12.0. The van der Waals surface area contributed by atoms with Gasteiger partial charge in [0.15, 0.2) is 0 Å². The minimum absolute atomic E-state index is 0.00471. The number of nitrogens with one attached hydrogen (secondary N) is 1. The largest absolute Gasteiger partial charge is 0.507 e. The van der Waals surface area contributed by atoms with Gasteiger partial charge in [0.1, 0.15) is 17.4 Å². The van der Waals surface area contributed by atoms with Gasteiger partial charge >= 0.3 is 0 Å². The van der Waals surface area contributed by atoms with E-state index in [9.17, 15) is 18.7 Å². The molecule has 2 aromatic rings. The Balaban J connectivity index is 1.69. The van der Waals surface area contributed by atoms with Gasteiger partial charge in [-0.15, -0.1) is 11.8 Å². The van der Waals surface area contributed by atoms with Gasteiger partial charge in [-0.05, 0) is 36.6 Å². The highest BCUT2D eigenvalue weighted by molar-refractivity contribution is 8.00. The van der Waals surface area contributed by atoms with Crippen molar-refractivity contribution in [1.82, 2.24) is 5.43 Å². The van der Waals surface area contributed by atoms with Crippen LogP contribution in [0, 0.1) is 11.6 Å². The number of carbonyl (C=O) groups is 1. The molecule has 1 amide bonds. The Morgan fingerprint density at radius 2 is 2.04 bits per heavy atom. The van der Waals surface area contributed by atoms with Gasteiger partial charge < -0.3 is 5.11 Å². The zero-order valence-corrected chi connectivity index (χ0v) is 14.2. The first kappa shape index (κ1) is 17.4. The molecule has 0 unspecified atom stereocenters. The third-order valence-electron chi connectivity index (χ3n) is 3.96. The van der Waals surface area contributed by atoms with Crippen LogP contribution in [0.1, 0.15) is 30.4 Å². The molecule has 0 saturated carbocycles. The molecule has 0 fully saturated rings. The highest BCUT2D eigenvalue weighted by atomic mass is 32.2. The third-order valence-corrected chi connectivity index (χ3v) is 5.01. The van der Waals surface area contributed by atoms with Crippen molar-refractivity contribution in [2.24, 2.45) is 5.10 Å². The average molecular weight is 362 g/mol. The van der Waals surface area contributed by atoms with Crippen LogP contribution < -0.4 is 5.43 Å². The van der Waals surface area contributed by atoms with Crippen molar-refractivity contribution in [3.63, 3.8) is 0 Å². The van der Waals surface area contributed by atoms with Crippen molar-refractivity contribution in [3.05, 3.63) is 59.2 Å². The number of carbonyl (C=O) groups excluding carboxylic acids is 1. The minimum atomic E-state index is -0.405. The van der Waals surface area contributed by atoms with Crippen LogP contribution in [-0.2, 0) is 4.79 Å². The van der Waals surface area contributed by atoms with Crippen LogP contribution >= 0.6 is 11.8 Å². The smallest absolute Gasteiger partial charge is 0.250 e. The summed E-state index contributed by atoms with van der Waals surface area (Å²) in [6.07, 6.45) is 0.421. The summed E-state index contributed by atoms with van der Waals surface area (Å²) >= 11 is 1.06. The lowest BCUT2D eigenvalue weighted by molar-refractivity contribution is -0.118. The lowest BCUT2D eigenvalue weighted by Gasteiger charge is -2.06. The maximum absolute atomic E-state index is 13.9. The molecule has 0 saturated heterocycles. The van der Waals surface area contributed by atoms with Crippen molar-refractivity contribution < 1.29 is 18.7 Å². The fraction of sp³-hybridized carbons (Fsp3) is 0.222. The Bertz CT molecular complexity index is 855. The Hall–Kier alpha value is -2.41. The van der Waals surface area contributed by atoms with E-state index in [0.29, 0.717) is 28.2 Å². The number of thioether (sulfide) groups is 1. The molecule has 7 heteroatoms. The number of fused-ring (bicyclic) bond motifs is 1. The van der Waals surface area contributed by atoms with Crippen LogP contribution in [0.15, 0.2) is 46.4 Å². The Labute approximate surface area is 147 Å². The number of halogens is 2. The van der Waals surface area contributed by atoms with E-state index in [-0.39, 0.29) is 23.2 Å². The Morgan fingerprint density at radius 1 is 1.28 bits per heavy atom. The summed E-state index contributed by atoms with van der Waals surface area (Å²) in [5.41, 5.74) is 3.58. The molecule has 0 heterocycles. The SMILES string of the molecule is C[C@H]1C/C(=N\NC(=O)CSc2ccccc2F)c2c(O)ccc(F)c21. The number of phenols is 1. The summed E-state index contributed by atoms with van der Waals surface area (Å²) in [4.78, 5) is 12.3. The second-order valence-electron chi connectivity index (χ2n) is 5.77. The molecule has 25 heavy (non-hydrogen) atoms. The summed E-state index contributed by atoms with van der Waals surface area (Å²) < 4.78 is 27.5. The molecule has 0 bridgehead atoms. The predicted octanol–water partition coefficient (Wildman–Crippen LogP) is 3.79. The standard InChI is InChI=1S/C18H16F2N2O2S/c1-10-8-13(18-14(23)7-6-12(20)17(10)18)21-22-16(24)9-25-15-5-3-2-4-11(15)19/h2-7,10,23H,8-9H2,1H3,(H,22,24)/b21-13+/t10-/m0/s1. The van der Waals surface area contributed by atoms with Crippen molar-refractivity contribution in [3.8, 4) is 5.75 Å². The van der Waals surface area contributed by atoms with E-state index in [1.54, 1.807) is 18.2 Å². The molecule has 0 radical (unpaired) electrons. The number of hydrazone groups is 1. The quantitative estimate of drug-likeness (QED) is 0.643. The van der Waals surface area contributed by atoms with Crippen LogP contribution in [0.25, 0.3) is 0 Å². The van der Waals surface area contributed by atoms with E-state index in [1.165, 1.54) is 18.2 Å². The van der Waals surface area contributed by atoms with Crippen LogP contribution in [0.3, 0.4) is 0 Å². The number of rotatable bonds is 4. The molecule has 0 spiro atoms. The molecule has 1 aliphatic carbocycles. The summed E-state index contributed by atoms with van der Waals surface area (Å²) in [6.45, 7) is 1.83. The number of hydrogen-bond acceptors (Lipinski definition) is 4. The average Bonchev–Trinajstić information content (AvgIpc) is 2.93. The van der Waals surface area contributed by atoms with Gasteiger partial charge in [-0.2, -0.15) is 5.10 Å². The van der Waals surface area contributed by atoms with E-state index in [2.05, 4.69) is 10.5 Å². The monoisotopic (exact) mass is 362 g/mol. The summed E-state index contributed by atoms with van der Waals surface area (Å²) in [6, 6.07) is 8.69. The third kappa shape index (κ3) is 3.66. The Kier molecular flexibility index (Phi) is 5.03. The van der Waals surface area contributed by atoms with E-state index in [0.717, 1.165) is 11.8 Å². The lowest BCUT2D eigenvalue weighted by atomic mass is 10.0. The van der Waals surface area contributed by atoms with Crippen molar-refractivity contribution in [1.29, 1.82) is 0 Å². The van der Waals surface area contributed by atoms with E-state index in [1.807, 2.05) is 6.92 Å². The molecule has 4 nitrogen and oxygen atoms in total. The minimum Gasteiger partial charge on any atom is -0.507 e. The number of hydrogen-bond donors (Lipinski definition) is 2. The summed E-state index contributed by atoms with van der Waals surface area (Å²) in [5.74, 6) is -1.38. The van der Waals surface area contributed by atoms with Crippen LogP contribution in [0.5, 0.6) is 5.75 Å². The molecule has 2 N–H and O–H groups in total. The number of aromatic hydroxyl groups is 1. The summed E-state index contributed by atoms with van der Waals surface area (Å²) in [7, 11) is 0. The van der Waals surface area contributed by atoms with E-state index >= 15 is 0 Å². The molecular formula is C18H16F2N2O2S.